The number of para-hydroxylation sites is 1. The minimum atomic E-state index is -0.465. The number of carbonyl (C=O) groups is 1. The maximum atomic E-state index is 12.3. The van der Waals surface area contributed by atoms with Gasteiger partial charge in [0, 0.05) is 14.7 Å². The summed E-state index contributed by atoms with van der Waals surface area (Å²) in [5.74, 6) is 0.539. The smallest absolute Gasteiger partial charge is 0.363 e. The zero-order chi connectivity index (χ0) is 20.2. The Morgan fingerprint density at radius 3 is 2.48 bits per heavy atom. The van der Waals surface area contributed by atoms with Gasteiger partial charge in [0.25, 0.3) is 0 Å². The Morgan fingerprint density at radius 2 is 1.72 bits per heavy atom. The minimum Gasteiger partial charge on any atom is -0.488 e. The molecule has 0 spiro atoms. The molecule has 1 aliphatic rings. The van der Waals surface area contributed by atoms with Gasteiger partial charge in [-0.3, -0.25) is 0 Å². The number of esters is 1. The van der Waals surface area contributed by atoms with Crippen LogP contribution in [0.1, 0.15) is 22.3 Å². The van der Waals surface area contributed by atoms with Crippen LogP contribution in [0.4, 0.5) is 0 Å². The number of aryl methyl sites for hydroxylation is 1. The van der Waals surface area contributed by atoms with E-state index in [4.69, 9.17) is 9.47 Å². The third-order valence-corrected chi connectivity index (χ3v) is 5.16. The van der Waals surface area contributed by atoms with Crippen molar-refractivity contribution >= 4 is 40.5 Å². The molecule has 0 fully saturated rings. The van der Waals surface area contributed by atoms with Crippen LogP contribution in [0.15, 0.2) is 83.5 Å². The van der Waals surface area contributed by atoms with Crippen LogP contribution in [0.3, 0.4) is 0 Å². The Hall–Kier alpha value is -2.93. The van der Waals surface area contributed by atoms with E-state index in [1.807, 2.05) is 79.7 Å². The molecule has 0 unspecified atom stereocenters. The van der Waals surface area contributed by atoms with Crippen LogP contribution in [0.2, 0.25) is 0 Å². The molecule has 0 saturated heterocycles. The van der Waals surface area contributed by atoms with Gasteiger partial charge in [-0.15, -0.1) is 0 Å². The number of nitrogens with zero attached hydrogens (tertiary/aromatic N) is 1. The van der Waals surface area contributed by atoms with Gasteiger partial charge >= 0.3 is 5.97 Å². The normalized spacial score (nSPS) is 14.6. The molecular formula is C24H18INO3. The lowest BCUT2D eigenvalue weighted by molar-refractivity contribution is -0.129. The van der Waals surface area contributed by atoms with Crippen molar-refractivity contribution < 1.29 is 14.3 Å². The van der Waals surface area contributed by atoms with Crippen molar-refractivity contribution in [3.8, 4) is 5.75 Å². The van der Waals surface area contributed by atoms with Crippen molar-refractivity contribution in [1.29, 1.82) is 0 Å². The average Bonchev–Trinajstić information content (AvgIpc) is 3.09. The third kappa shape index (κ3) is 4.74. The largest absolute Gasteiger partial charge is 0.488 e. The molecule has 3 aromatic carbocycles. The Labute approximate surface area is 183 Å². The van der Waals surface area contributed by atoms with E-state index in [-0.39, 0.29) is 5.70 Å². The van der Waals surface area contributed by atoms with Crippen LogP contribution in [0.25, 0.3) is 6.08 Å². The lowest BCUT2D eigenvalue weighted by atomic mass is 10.1. The molecule has 1 aliphatic heterocycles. The van der Waals surface area contributed by atoms with Crippen molar-refractivity contribution in [2.24, 2.45) is 4.99 Å². The number of benzene rings is 3. The van der Waals surface area contributed by atoms with E-state index < -0.39 is 5.97 Å². The highest BCUT2D eigenvalue weighted by atomic mass is 127. The van der Waals surface area contributed by atoms with Gasteiger partial charge in [0.2, 0.25) is 5.90 Å². The second kappa shape index (κ2) is 8.61. The predicted molar refractivity (Wildman–Crippen MR) is 122 cm³/mol. The minimum absolute atomic E-state index is 0.255. The second-order valence-corrected chi connectivity index (χ2v) is 7.90. The number of carbonyl (C=O) groups excluding carboxylic acids is 1. The Morgan fingerprint density at radius 1 is 1.00 bits per heavy atom. The fraction of sp³-hybridized carbons (Fsp3) is 0.0833. The SMILES string of the molecule is Cc1ccc(C2=N/C(=C\c3ccccc3OCc3ccc(I)cc3)C(=O)O2)cc1. The molecule has 29 heavy (non-hydrogen) atoms. The molecule has 1 heterocycles. The summed E-state index contributed by atoms with van der Waals surface area (Å²) in [4.78, 5) is 16.7. The zero-order valence-corrected chi connectivity index (χ0v) is 17.9. The highest BCUT2D eigenvalue weighted by Crippen LogP contribution is 2.25. The first kappa shape index (κ1) is 19.4. The summed E-state index contributed by atoms with van der Waals surface area (Å²) in [5.41, 5.74) is 4.02. The number of aliphatic imine (C=N–C) groups is 1. The van der Waals surface area contributed by atoms with E-state index in [0.29, 0.717) is 18.3 Å². The maximum Gasteiger partial charge on any atom is 0.363 e. The van der Waals surface area contributed by atoms with Gasteiger partial charge in [0.1, 0.15) is 12.4 Å². The van der Waals surface area contributed by atoms with E-state index in [9.17, 15) is 4.79 Å². The van der Waals surface area contributed by atoms with E-state index >= 15 is 0 Å². The molecule has 0 atom stereocenters. The van der Waals surface area contributed by atoms with Gasteiger partial charge < -0.3 is 9.47 Å². The summed E-state index contributed by atoms with van der Waals surface area (Å²) in [5, 5.41) is 0. The highest BCUT2D eigenvalue weighted by Gasteiger charge is 2.24. The van der Waals surface area contributed by atoms with Crippen LogP contribution < -0.4 is 4.74 Å². The van der Waals surface area contributed by atoms with Gasteiger partial charge in [0.05, 0.1) is 0 Å². The number of halogens is 1. The molecule has 0 bridgehead atoms. The molecule has 0 aliphatic carbocycles. The third-order valence-electron chi connectivity index (χ3n) is 4.44. The molecule has 0 amide bonds. The van der Waals surface area contributed by atoms with Crippen molar-refractivity contribution in [2.75, 3.05) is 0 Å². The first-order valence-electron chi connectivity index (χ1n) is 9.14. The number of ether oxygens (including phenoxy) is 2. The second-order valence-electron chi connectivity index (χ2n) is 6.66. The van der Waals surface area contributed by atoms with Gasteiger partial charge in [-0.05, 0) is 71.5 Å². The van der Waals surface area contributed by atoms with Crippen LogP contribution >= 0.6 is 22.6 Å². The van der Waals surface area contributed by atoms with E-state index in [2.05, 4.69) is 27.6 Å². The maximum absolute atomic E-state index is 12.3. The van der Waals surface area contributed by atoms with Crippen LogP contribution in [-0.4, -0.2) is 11.9 Å². The summed E-state index contributed by atoms with van der Waals surface area (Å²) in [6.45, 7) is 2.45. The van der Waals surface area contributed by atoms with E-state index in [1.165, 1.54) is 3.57 Å². The molecule has 0 aromatic heterocycles. The monoisotopic (exact) mass is 495 g/mol. The predicted octanol–water partition coefficient (Wildman–Crippen LogP) is 5.52. The first-order valence-corrected chi connectivity index (χ1v) is 10.2. The van der Waals surface area contributed by atoms with Crippen LogP contribution in [0.5, 0.6) is 5.75 Å². The Balaban J connectivity index is 1.56. The Kier molecular flexibility index (Phi) is 5.76. The lowest BCUT2D eigenvalue weighted by Gasteiger charge is -2.09. The molecule has 5 heteroatoms. The zero-order valence-electron chi connectivity index (χ0n) is 15.8. The summed E-state index contributed by atoms with van der Waals surface area (Å²) < 4.78 is 12.5. The molecule has 3 aromatic rings. The molecule has 0 radical (unpaired) electrons. The standard InChI is InChI=1S/C24H18INO3/c1-16-6-10-18(11-7-16)23-26-21(24(27)29-23)14-19-4-2-3-5-22(19)28-15-17-8-12-20(25)13-9-17/h2-14H,15H2,1H3/b21-14-. The number of hydrogen-bond acceptors (Lipinski definition) is 4. The molecule has 144 valence electrons. The topological polar surface area (TPSA) is 47.9 Å². The quantitative estimate of drug-likeness (QED) is 0.266. The fourth-order valence-corrected chi connectivity index (χ4v) is 3.21. The lowest BCUT2D eigenvalue weighted by Crippen LogP contribution is -2.05. The number of rotatable bonds is 5. The molecule has 4 nitrogen and oxygen atoms in total. The van der Waals surface area contributed by atoms with E-state index in [1.54, 1.807) is 6.08 Å². The number of cyclic esters (lactones) is 1. The summed E-state index contributed by atoms with van der Waals surface area (Å²) in [6.07, 6.45) is 1.70. The van der Waals surface area contributed by atoms with Crippen molar-refractivity contribution in [3.05, 3.63) is 104 Å². The van der Waals surface area contributed by atoms with Gasteiger partial charge in [-0.2, -0.15) is 0 Å². The summed E-state index contributed by atoms with van der Waals surface area (Å²) in [7, 11) is 0. The number of hydrogen-bond donors (Lipinski definition) is 0. The fourth-order valence-electron chi connectivity index (χ4n) is 2.85. The molecular weight excluding hydrogens is 477 g/mol. The summed E-state index contributed by atoms with van der Waals surface area (Å²) in [6, 6.07) is 23.4. The summed E-state index contributed by atoms with van der Waals surface area (Å²) >= 11 is 2.27. The van der Waals surface area contributed by atoms with Crippen molar-refractivity contribution in [2.45, 2.75) is 13.5 Å². The first-order chi connectivity index (χ1) is 14.1. The Bertz CT molecular complexity index is 1100. The van der Waals surface area contributed by atoms with Crippen LogP contribution in [0, 0.1) is 10.5 Å². The van der Waals surface area contributed by atoms with Crippen LogP contribution in [-0.2, 0) is 16.1 Å². The highest BCUT2D eigenvalue weighted by molar-refractivity contribution is 14.1. The molecule has 4 rings (SSSR count). The molecule has 0 N–H and O–H groups in total. The van der Waals surface area contributed by atoms with Gasteiger partial charge in [0.15, 0.2) is 5.70 Å². The molecule has 0 saturated carbocycles. The average molecular weight is 495 g/mol. The van der Waals surface area contributed by atoms with Gasteiger partial charge in [-0.25, -0.2) is 9.79 Å². The van der Waals surface area contributed by atoms with Crippen molar-refractivity contribution in [3.63, 3.8) is 0 Å². The van der Waals surface area contributed by atoms with Crippen molar-refractivity contribution in [1.82, 2.24) is 0 Å². The van der Waals surface area contributed by atoms with E-state index in [0.717, 1.165) is 22.3 Å². The van der Waals surface area contributed by atoms with Gasteiger partial charge in [-0.1, -0.05) is 48.0 Å².